The smallest absolute Gasteiger partial charge is 0.416 e. The lowest BCUT2D eigenvalue weighted by molar-refractivity contribution is -0.137. The van der Waals surface area contributed by atoms with E-state index in [2.05, 4.69) is 0 Å². The van der Waals surface area contributed by atoms with Crippen molar-refractivity contribution in [2.75, 3.05) is 19.1 Å². The number of ketones is 1. The molecule has 1 saturated heterocycles. The van der Waals surface area contributed by atoms with Crippen molar-refractivity contribution in [3.8, 4) is 11.5 Å². The zero-order valence-corrected chi connectivity index (χ0v) is 19.6. The van der Waals surface area contributed by atoms with Crippen LogP contribution in [-0.2, 0) is 15.8 Å². The van der Waals surface area contributed by atoms with Gasteiger partial charge in [0.25, 0.3) is 11.7 Å². The summed E-state index contributed by atoms with van der Waals surface area (Å²) >= 11 is 0. The first kappa shape index (κ1) is 24.8. The van der Waals surface area contributed by atoms with Gasteiger partial charge in [-0.3, -0.25) is 14.5 Å². The summed E-state index contributed by atoms with van der Waals surface area (Å²) in [5.41, 5.74) is 0.326. The number of methoxy groups -OCH3 is 2. The highest BCUT2D eigenvalue weighted by molar-refractivity contribution is 6.51. The van der Waals surface area contributed by atoms with Crippen molar-refractivity contribution in [2.24, 2.45) is 0 Å². The zero-order valence-electron chi connectivity index (χ0n) is 19.6. The number of ether oxygens (including phenoxy) is 2. The Morgan fingerprint density at radius 3 is 2.14 bits per heavy atom. The zero-order chi connectivity index (χ0) is 26.2. The van der Waals surface area contributed by atoms with E-state index in [9.17, 15) is 27.9 Å². The van der Waals surface area contributed by atoms with Crippen LogP contribution in [0.15, 0.2) is 72.3 Å². The summed E-state index contributed by atoms with van der Waals surface area (Å²) in [5, 5.41) is 11.3. The number of halogens is 3. The molecule has 0 spiro atoms. The third kappa shape index (κ3) is 4.39. The Morgan fingerprint density at radius 1 is 0.917 bits per heavy atom. The van der Waals surface area contributed by atoms with Crippen molar-refractivity contribution in [3.63, 3.8) is 0 Å². The minimum Gasteiger partial charge on any atom is -0.507 e. The topological polar surface area (TPSA) is 76.1 Å². The normalized spacial score (nSPS) is 17.4. The first-order chi connectivity index (χ1) is 17.1. The van der Waals surface area contributed by atoms with Crippen LogP contribution in [0.25, 0.3) is 5.76 Å². The molecule has 1 heterocycles. The molecule has 0 radical (unpaired) electrons. The fourth-order valence-corrected chi connectivity index (χ4v) is 4.21. The molecule has 3 aromatic carbocycles. The molecule has 1 amide bonds. The Hall–Kier alpha value is -4.27. The molecule has 186 valence electrons. The maximum Gasteiger partial charge on any atom is 0.416 e. The number of hydrogen-bond donors (Lipinski definition) is 1. The SMILES string of the molecule is COc1cccc(C2/C(=C(/O)c3ccc(OC)cc3C)C(=O)C(=O)N2c2ccc(C(F)(F)F)cc2)c1. The van der Waals surface area contributed by atoms with Crippen molar-refractivity contribution in [1.29, 1.82) is 0 Å². The molecular weight excluding hydrogens is 475 g/mol. The quantitative estimate of drug-likeness (QED) is 0.280. The fourth-order valence-electron chi connectivity index (χ4n) is 4.21. The molecule has 1 aliphatic heterocycles. The Morgan fingerprint density at radius 2 is 1.56 bits per heavy atom. The first-order valence-electron chi connectivity index (χ1n) is 10.8. The van der Waals surface area contributed by atoms with Crippen LogP contribution in [-0.4, -0.2) is 31.0 Å². The number of aryl methyl sites for hydroxylation is 1. The van der Waals surface area contributed by atoms with Crippen LogP contribution in [0.1, 0.15) is 28.3 Å². The Balaban J connectivity index is 1.93. The van der Waals surface area contributed by atoms with E-state index in [1.54, 1.807) is 49.4 Å². The number of benzene rings is 3. The minimum atomic E-state index is -4.56. The number of aliphatic hydroxyl groups is 1. The summed E-state index contributed by atoms with van der Waals surface area (Å²) in [7, 11) is 2.94. The second kappa shape index (κ2) is 9.41. The second-order valence-corrected chi connectivity index (χ2v) is 8.17. The van der Waals surface area contributed by atoms with Crippen molar-refractivity contribution in [3.05, 3.63) is 94.6 Å². The largest absolute Gasteiger partial charge is 0.507 e. The molecule has 4 rings (SSSR count). The van der Waals surface area contributed by atoms with Crippen LogP contribution in [0.2, 0.25) is 0 Å². The average Bonchev–Trinajstić information content (AvgIpc) is 3.13. The molecule has 36 heavy (non-hydrogen) atoms. The molecule has 0 saturated carbocycles. The number of aliphatic hydroxyl groups excluding tert-OH is 1. The molecular formula is C27H22F3NO5. The number of alkyl halides is 3. The van der Waals surface area contributed by atoms with Crippen LogP contribution >= 0.6 is 0 Å². The van der Waals surface area contributed by atoms with Crippen LogP contribution in [0, 0.1) is 6.92 Å². The van der Waals surface area contributed by atoms with Crippen molar-refractivity contribution in [2.45, 2.75) is 19.1 Å². The van der Waals surface area contributed by atoms with E-state index in [4.69, 9.17) is 9.47 Å². The van der Waals surface area contributed by atoms with Gasteiger partial charge in [-0.1, -0.05) is 12.1 Å². The van der Waals surface area contributed by atoms with Gasteiger partial charge in [-0.05, 0) is 72.6 Å². The fraction of sp³-hybridized carbons (Fsp3) is 0.185. The molecule has 3 aromatic rings. The number of amides is 1. The van der Waals surface area contributed by atoms with Gasteiger partial charge in [0.1, 0.15) is 17.3 Å². The van der Waals surface area contributed by atoms with Gasteiger partial charge in [0.15, 0.2) is 0 Å². The van der Waals surface area contributed by atoms with E-state index in [0.717, 1.165) is 29.2 Å². The molecule has 1 atom stereocenters. The van der Waals surface area contributed by atoms with Gasteiger partial charge in [-0.15, -0.1) is 0 Å². The monoisotopic (exact) mass is 497 g/mol. The van der Waals surface area contributed by atoms with Crippen molar-refractivity contribution < 1.29 is 37.3 Å². The number of Topliss-reactive ketones (excluding diaryl/α,β-unsaturated/α-hetero) is 1. The van der Waals surface area contributed by atoms with Crippen LogP contribution in [0.4, 0.5) is 18.9 Å². The summed E-state index contributed by atoms with van der Waals surface area (Å²) in [6, 6.07) is 14.2. The Bertz CT molecular complexity index is 1360. The predicted molar refractivity (Wildman–Crippen MR) is 127 cm³/mol. The van der Waals surface area contributed by atoms with E-state index in [-0.39, 0.29) is 11.3 Å². The lowest BCUT2D eigenvalue weighted by atomic mass is 9.93. The van der Waals surface area contributed by atoms with Crippen LogP contribution < -0.4 is 14.4 Å². The van der Waals surface area contributed by atoms with E-state index in [0.29, 0.717) is 28.2 Å². The van der Waals surface area contributed by atoms with Gasteiger partial charge in [0.05, 0.1) is 31.4 Å². The number of carbonyl (C=O) groups is 2. The molecule has 1 unspecified atom stereocenters. The Kier molecular flexibility index (Phi) is 6.49. The van der Waals surface area contributed by atoms with Gasteiger partial charge in [0.2, 0.25) is 0 Å². The third-order valence-corrected chi connectivity index (χ3v) is 6.02. The number of rotatable bonds is 5. The summed E-state index contributed by atoms with van der Waals surface area (Å²) in [4.78, 5) is 27.6. The van der Waals surface area contributed by atoms with Crippen LogP contribution in [0.5, 0.6) is 11.5 Å². The molecule has 1 aliphatic rings. The lowest BCUT2D eigenvalue weighted by Gasteiger charge is -2.26. The molecule has 0 aromatic heterocycles. The lowest BCUT2D eigenvalue weighted by Crippen LogP contribution is -2.29. The van der Waals surface area contributed by atoms with Crippen LogP contribution in [0.3, 0.4) is 0 Å². The minimum absolute atomic E-state index is 0.0726. The van der Waals surface area contributed by atoms with E-state index in [1.807, 2.05) is 0 Å². The summed E-state index contributed by atoms with van der Waals surface area (Å²) in [5.74, 6) is -1.37. The molecule has 0 bridgehead atoms. The number of nitrogens with zero attached hydrogens (tertiary/aromatic N) is 1. The molecule has 6 nitrogen and oxygen atoms in total. The highest BCUT2D eigenvalue weighted by Gasteiger charge is 2.47. The van der Waals surface area contributed by atoms with Gasteiger partial charge in [-0.2, -0.15) is 13.2 Å². The average molecular weight is 497 g/mol. The highest BCUT2D eigenvalue weighted by Crippen LogP contribution is 2.44. The Labute approximate surface area is 205 Å². The van der Waals surface area contributed by atoms with Gasteiger partial charge < -0.3 is 14.6 Å². The molecule has 1 fully saturated rings. The van der Waals surface area contributed by atoms with E-state index >= 15 is 0 Å². The predicted octanol–water partition coefficient (Wildman–Crippen LogP) is 5.66. The van der Waals surface area contributed by atoms with E-state index < -0.39 is 35.2 Å². The van der Waals surface area contributed by atoms with Gasteiger partial charge >= 0.3 is 6.18 Å². The van der Waals surface area contributed by atoms with Gasteiger partial charge in [0, 0.05) is 11.3 Å². The highest BCUT2D eigenvalue weighted by atomic mass is 19.4. The van der Waals surface area contributed by atoms with Gasteiger partial charge in [-0.25, -0.2) is 0 Å². The standard InChI is InChI=1S/C27H22F3NO5/c1-15-13-20(36-3)11-12-21(15)24(32)22-23(16-5-4-6-19(14-16)35-2)31(26(34)25(22)33)18-9-7-17(8-10-18)27(28,29)30/h4-14,23,32H,1-3H3/b24-22-. The van der Waals surface area contributed by atoms with Crippen molar-refractivity contribution in [1.82, 2.24) is 0 Å². The first-order valence-corrected chi connectivity index (χ1v) is 10.8. The second-order valence-electron chi connectivity index (χ2n) is 8.17. The number of hydrogen-bond acceptors (Lipinski definition) is 5. The van der Waals surface area contributed by atoms with Crippen molar-refractivity contribution >= 4 is 23.1 Å². The van der Waals surface area contributed by atoms with E-state index in [1.165, 1.54) is 14.2 Å². The summed E-state index contributed by atoms with van der Waals surface area (Å²) in [6.07, 6.45) is -4.56. The molecule has 9 heteroatoms. The maximum atomic E-state index is 13.3. The summed E-state index contributed by atoms with van der Waals surface area (Å²) < 4.78 is 49.8. The third-order valence-electron chi connectivity index (χ3n) is 6.02. The molecule has 1 N–H and O–H groups in total. The molecule has 0 aliphatic carbocycles. The number of anilines is 1. The number of carbonyl (C=O) groups excluding carboxylic acids is 2. The summed E-state index contributed by atoms with van der Waals surface area (Å²) in [6.45, 7) is 1.71. The maximum absolute atomic E-state index is 13.3.